The molecule has 0 aliphatic heterocycles. The summed E-state index contributed by atoms with van der Waals surface area (Å²) in [5.41, 5.74) is 6.26. The van der Waals surface area contributed by atoms with Crippen LogP contribution < -0.4 is 4.90 Å². The molecule has 0 fully saturated rings. The third-order valence-electron chi connectivity index (χ3n) is 5.44. The molecule has 0 amide bonds. The summed E-state index contributed by atoms with van der Waals surface area (Å²) in [5.74, 6) is 0.575. The number of H-pyrrole nitrogens is 2. The second kappa shape index (κ2) is 7.45. The van der Waals surface area contributed by atoms with Crippen LogP contribution in [-0.2, 0) is 0 Å². The summed E-state index contributed by atoms with van der Waals surface area (Å²) in [6.07, 6.45) is 7.03. The van der Waals surface area contributed by atoms with E-state index in [4.69, 9.17) is 0 Å². The van der Waals surface area contributed by atoms with E-state index < -0.39 is 0 Å². The monoisotopic (exact) mass is 456 g/mol. The molecule has 33 heavy (non-hydrogen) atoms. The lowest BCUT2D eigenvalue weighted by atomic mass is 10.1. The Morgan fingerprint density at radius 2 is 1.94 bits per heavy atom. The zero-order valence-corrected chi connectivity index (χ0v) is 18.5. The molecule has 0 radical (unpaired) electrons. The molecule has 0 aromatic carbocycles. The van der Waals surface area contributed by atoms with Crippen molar-refractivity contribution in [3.05, 3.63) is 60.3 Å². The molecule has 10 heteroatoms. The number of aromatic amines is 2. The van der Waals surface area contributed by atoms with E-state index in [0.29, 0.717) is 17.2 Å². The van der Waals surface area contributed by atoms with E-state index in [1.54, 1.807) is 24.7 Å². The molecule has 6 aromatic rings. The molecule has 0 saturated heterocycles. The first kappa shape index (κ1) is 19.5. The number of imidazole rings is 1. The molecule has 0 aliphatic rings. The highest BCUT2D eigenvalue weighted by Gasteiger charge is 2.17. The molecule has 6 heterocycles. The minimum absolute atomic E-state index is 0.235. The van der Waals surface area contributed by atoms with Crippen LogP contribution in [0.3, 0.4) is 0 Å². The van der Waals surface area contributed by atoms with Crippen molar-refractivity contribution in [1.29, 1.82) is 0 Å². The molecular weight excluding hydrogens is 439 g/mol. The molecule has 2 N–H and O–H groups in total. The Morgan fingerprint density at radius 3 is 2.76 bits per heavy atom. The number of thiophene rings is 1. The summed E-state index contributed by atoms with van der Waals surface area (Å²) in [7, 11) is 3.94. The van der Waals surface area contributed by atoms with E-state index in [1.807, 2.05) is 43.4 Å². The molecule has 6 aromatic heterocycles. The number of hydrogen-bond acceptors (Lipinski definition) is 7. The van der Waals surface area contributed by atoms with Crippen molar-refractivity contribution < 1.29 is 4.39 Å². The largest absolute Gasteiger partial charge is 0.376 e. The van der Waals surface area contributed by atoms with Crippen LogP contribution in [0, 0.1) is 5.13 Å². The summed E-state index contributed by atoms with van der Waals surface area (Å²) in [6, 6.07) is 9.08. The van der Waals surface area contributed by atoms with Crippen molar-refractivity contribution in [1.82, 2.24) is 35.1 Å². The van der Waals surface area contributed by atoms with Crippen LogP contribution in [0.2, 0.25) is 0 Å². The highest BCUT2D eigenvalue weighted by atomic mass is 32.1. The van der Waals surface area contributed by atoms with Crippen molar-refractivity contribution in [2.45, 2.75) is 0 Å². The van der Waals surface area contributed by atoms with Gasteiger partial charge in [-0.1, -0.05) is 0 Å². The zero-order valence-electron chi connectivity index (χ0n) is 17.7. The number of nitrogens with one attached hydrogen (secondary N) is 2. The highest BCUT2D eigenvalue weighted by molar-refractivity contribution is 7.14. The fourth-order valence-corrected chi connectivity index (χ4v) is 4.52. The normalized spacial score (nSPS) is 11.5. The Hall–Kier alpha value is -4.18. The maximum atomic E-state index is 13.6. The third kappa shape index (κ3) is 3.31. The number of pyridine rings is 3. The molecule has 0 unspecified atom stereocenters. The number of aromatic nitrogens is 7. The van der Waals surface area contributed by atoms with Crippen molar-refractivity contribution in [2.24, 2.45) is 0 Å². The van der Waals surface area contributed by atoms with Crippen molar-refractivity contribution in [3.63, 3.8) is 0 Å². The summed E-state index contributed by atoms with van der Waals surface area (Å²) in [6.45, 7) is 0. The van der Waals surface area contributed by atoms with Gasteiger partial charge in [0.05, 0.1) is 34.8 Å². The van der Waals surface area contributed by atoms with Gasteiger partial charge in [0.25, 0.3) is 0 Å². The third-order valence-corrected chi connectivity index (χ3v) is 6.35. The first-order chi connectivity index (χ1) is 16.1. The van der Waals surface area contributed by atoms with Crippen LogP contribution in [0.25, 0.3) is 55.3 Å². The standard InChI is InChI=1S/C23H17FN8S/c1-32(2)13-7-12(9-25-10-13)16-8-15-17(11-27-16)30-31-21(15)23-28-20-14(5-6-26-22(20)29-23)18-3-4-19(24)33-18/h3-11H,1-2H3,(H,30,31)(H,26,28,29). The summed E-state index contributed by atoms with van der Waals surface area (Å²) < 4.78 is 13.6. The molecule has 6 rings (SSSR count). The summed E-state index contributed by atoms with van der Waals surface area (Å²) in [4.78, 5) is 24.1. The van der Waals surface area contributed by atoms with Gasteiger partial charge >= 0.3 is 0 Å². The Balaban J connectivity index is 1.48. The molecule has 0 bridgehead atoms. The minimum Gasteiger partial charge on any atom is -0.376 e. The Labute approximate surface area is 191 Å². The van der Waals surface area contributed by atoms with Gasteiger partial charge in [0.1, 0.15) is 5.69 Å². The number of halogens is 1. The molecule has 0 atom stereocenters. The summed E-state index contributed by atoms with van der Waals surface area (Å²) >= 11 is 1.09. The van der Waals surface area contributed by atoms with Gasteiger partial charge in [-0.2, -0.15) is 9.49 Å². The Morgan fingerprint density at radius 1 is 1.03 bits per heavy atom. The lowest BCUT2D eigenvalue weighted by Crippen LogP contribution is -2.08. The van der Waals surface area contributed by atoms with Gasteiger partial charge in [0.2, 0.25) is 0 Å². The van der Waals surface area contributed by atoms with Crippen molar-refractivity contribution in [3.8, 4) is 33.2 Å². The Kier molecular flexibility index (Phi) is 4.40. The number of nitrogens with zero attached hydrogens (tertiary/aromatic N) is 6. The SMILES string of the molecule is CN(C)c1cncc(-c2cc3c(-c4nc5nccc(-c6ccc(F)s6)c5[nH]4)n[nH]c3cn2)c1. The number of hydrogen-bond donors (Lipinski definition) is 2. The predicted octanol–water partition coefficient (Wildman–Crippen LogP) is 4.89. The highest BCUT2D eigenvalue weighted by Crippen LogP contribution is 2.34. The first-order valence-electron chi connectivity index (χ1n) is 10.1. The Bertz CT molecular complexity index is 1630. The van der Waals surface area contributed by atoms with E-state index in [9.17, 15) is 4.39 Å². The van der Waals surface area contributed by atoms with Gasteiger partial charge in [0, 0.05) is 47.9 Å². The average Bonchev–Trinajstić information content (AvgIpc) is 3.55. The van der Waals surface area contributed by atoms with Crippen LogP contribution in [-0.4, -0.2) is 49.2 Å². The predicted molar refractivity (Wildman–Crippen MR) is 128 cm³/mol. The first-order valence-corrected chi connectivity index (χ1v) is 11.0. The van der Waals surface area contributed by atoms with Gasteiger partial charge in [-0.25, -0.2) is 9.97 Å². The van der Waals surface area contributed by atoms with Gasteiger partial charge in [-0.05, 0) is 30.3 Å². The lowest BCUT2D eigenvalue weighted by Gasteiger charge is -2.12. The van der Waals surface area contributed by atoms with E-state index in [-0.39, 0.29) is 5.13 Å². The second-order valence-electron chi connectivity index (χ2n) is 7.76. The minimum atomic E-state index is -0.235. The quantitative estimate of drug-likeness (QED) is 0.392. The van der Waals surface area contributed by atoms with Gasteiger partial charge < -0.3 is 9.88 Å². The smallest absolute Gasteiger partial charge is 0.178 e. The fraction of sp³-hybridized carbons (Fsp3) is 0.0870. The van der Waals surface area contributed by atoms with Crippen LogP contribution in [0.15, 0.2) is 55.1 Å². The van der Waals surface area contributed by atoms with Gasteiger partial charge in [-0.3, -0.25) is 15.1 Å². The van der Waals surface area contributed by atoms with E-state index in [1.165, 1.54) is 6.07 Å². The maximum absolute atomic E-state index is 13.6. The molecule has 162 valence electrons. The zero-order chi connectivity index (χ0) is 22.5. The molecule has 0 aliphatic carbocycles. The summed E-state index contributed by atoms with van der Waals surface area (Å²) in [5, 5.41) is 8.14. The van der Waals surface area contributed by atoms with E-state index >= 15 is 0 Å². The van der Waals surface area contributed by atoms with Crippen LogP contribution in [0.4, 0.5) is 10.1 Å². The molecule has 0 spiro atoms. The molecule has 0 saturated carbocycles. The van der Waals surface area contributed by atoms with Crippen LogP contribution in [0.1, 0.15) is 0 Å². The van der Waals surface area contributed by atoms with Crippen molar-refractivity contribution >= 4 is 39.1 Å². The van der Waals surface area contributed by atoms with Gasteiger partial charge in [0.15, 0.2) is 16.6 Å². The van der Waals surface area contributed by atoms with Gasteiger partial charge in [-0.15, -0.1) is 11.3 Å². The lowest BCUT2D eigenvalue weighted by molar-refractivity contribution is 0.657. The number of rotatable bonds is 4. The number of fused-ring (bicyclic) bond motifs is 2. The van der Waals surface area contributed by atoms with Crippen LogP contribution >= 0.6 is 11.3 Å². The van der Waals surface area contributed by atoms with E-state index in [2.05, 4.69) is 35.1 Å². The van der Waals surface area contributed by atoms with Crippen molar-refractivity contribution in [2.75, 3.05) is 19.0 Å². The topological polar surface area (TPSA) is 99.3 Å². The van der Waals surface area contributed by atoms with Crippen LogP contribution in [0.5, 0.6) is 0 Å². The molecular formula is C23H17FN8S. The fourth-order valence-electron chi connectivity index (χ4n) is 3.76. The average molecular weight is 457 g/mol. The number of anilines is 1. The second-order valence-corrected chi connectivity index (χ2v) is 8.79. The molecule has 8 nitrogen and oxygen atoms in total. The maximum Gasteiger partial charge on any atom is 0.178 e. The van der Waals surface area contributed by atoms with E-state index in [0.717, 1.165) is 55.1 Å².